The van der Waals surface area contributed by atoms with Crippen molar-refractivity contribution in [1.82, 2.24) is 0 Å². The highest BCUT2D eigenvalue weighted by molar-refractivity contribution is 5.48. The van der Waals surface area contributed by atoms with E-state index in [1.807, 2.05) is 30.3 Å². The van der Waals surface area contributed by atoms with Crippen LogP contribution in [0, 0.1) is 0 Å². The lowest BCUT2D eigenvalue weighted by Gasteiger charge is -2.46. The molecule has 2 aliphatic heterocycles. The Morgan fingerprint density at radius 2 is 1.93 bits per heavy atom. The Morgan fingerprint density at radius 3 is 2.72 bits per heavy atom. The van der Waals surface area contributed by atoms with Crippen molar-refractivity contribution in [3.8, 4) is 17.2 Å². The molecular weight excluding hydrogens is 368 g/mol. The van der Waals surface area contributed by atoms with Crippen molar-refractivity contribution in [3.05, 3.63) is 53.6 Å². The number of fused-ring (bicyclic) bond motifs is 4. The number of hydrogen-bond acceptors (Lipinski definition) is 5. The second-order valence-corrected chi connectivity index (χ2v) is 7.79. The van der Waals surface area contributed by atoms with Crippen LogP contribution in [0.25, 0.3) is 0 Å². The van der Waals surface area contributed by atoms with Crippen LogP contribution in [0.3, 0.4) is 0 Å². The first-order valence-electron chi connectivity index (χ1n) is 10.5. The summed E-state index contributed by atoms with van der Waals surface area (Å²) in [7, 11) is 3.33. The molecule has 0 saturated carbocycles. The van der Waals surface area contributed by atoms with Gasteiger partial charge in [-0.15, -0.1) is 0 Å². The highest BCUT2D eigenvalue weighted by Gasteiger charge is 2.45. The SMILES string of the molecule is COCOc1ccc(CCCC[C@]23CCC[C@@H](O2)c2c(OC)cccc2O3)cc1. The van der Waals surface area contributed by atoms with E-state index in [-0.39, 0.29) is 12.9 Å². The monoisotopic (exact) mass is 398 g/mol. The molecule has 0 N–H and O–H groups in total. The molecule has 4 rings (SSSR count). The summed E-state index contributed by atoms with van der Waals surface area (Å²) in [4.78, 5) is 0. The van der Waals surface area contributed by atoms with E-state index in [9.17, 15) is 0 Å². The topological polar surface area (TPSA) is 46.2 Å². The van der Waals surface area contributed by atoms with Crippen molar-refractivity contribution in [2.45, 2.75) is 56.8 Å². The molecule has 2 aliphatic rings. The maximum Gasteiger partial charge on any atom is 0.211 e. The second-order valence-electron chi connectivity index (χ2n) is 7.79. The standard InChI is InChI=1S/C24H30O5/c1-25-17-27-19-13-11-18(12-14-19)7-3-4-15-24-16-6-10-22(29-24)23-20(26-2)8-5-9-21(23)28-24/h5,8-9,11-14,22H,3-4,6-7,10,15-17H2,1-2H3/t22-,24-/m1/s1. The molecule has 0 spiro atoms. The highest BCUT2D eigenvalue weighted by atomic mass is 16.7. The fourth-order valence-corrected chi connectivity index (χ4v) is 4.36. The second kappa shape index (κ2) is 9.06. The van der Waals surface area contributed by atoms with Crippen molar-refractivity contribution in [1.29, 1.82) is 0 Å². The molecule has 2 heterocycles. The van der Waals surface area contributed by atoms with E-state index in [2.05, 4.69) is 12.1 Å². The van der Waals surface area contributed by atoms with Gasteiger partial charge in [-0.05, 0) is 61.9 Å². The van der Waals surface area contributed by atoms with Gasteiger partial charge in [0, 0.05) is 20.0 Å². The number of unbranched alkanes of at least 4 members (excludes halogenated alkanes) is 1. The van der Waals surface area contributed by atoms with E-state index in [0.29, 0.717) is 0 Å². The van der Waals surface area contributed by atoms with Gasteiger partial charge in [-0.3, -0.25) is 0 Å². The lowest BCUT2D eigenvalue weighted by molar-refractivity contribution is -0.258. The van der Waals surface area contributed by atoms with Gasteiger partial charge < -0.3 is 23.7 Å². The van der Waals surface area contributed by atoms with Crippen LogP contribution in [0.15, 0.2) is 42.5 Å². The molecule has 2 bridgehead atoms. The van der Waals surface area contributed by atoms with Crippen LogP contribution in [0.1, 0.15) is 55.8 Å². The Kier molecular flexibility index (Phi) is 6.26. The Hall–Kier alpha value is -2.24. The predicted molar refractivity (Wildman–Crippen MR) is 111 cm³/mol. The summed E-state index contributed by atoms with van der Waals surface area (Å²) in [5, 5.41) is 0. The van der Waals surface area contributed by atoms with E-state index in [4.69, 9.17) is 23.7 Å². The first-order valence-corrected chi connectivity index (χ1v) is 10.5. The molecule has 5 nitrogen and oxygen atoms in total. The normalized spacial score (nSPS) is 22.5. The van der Waals surface area contributed by atoms with Gasteiger partial charge in [0.1, 0.15) is 17.2 Å². The molecular formula is C24H30O5. The fourth-order valence-electron chi connectivity index (χ4n) is 4.36. The average molecular weight is 398 g/mol. The van der Waals surface area contributed by atoms with E-state index in [1.54, 1.807) is 14.2 Å². The molecule has 156 valence electrons. The lowest BCUT2D eigenvalue weighted by atomic mass is 9.90. The van der Waals surface area contributed by atoms with Crippen LogP contribution in [0.5, 0.6) is 17.2 Å². The molecule has 0 amide bonds. The maximum atomic E-state index is 6.45. The van der Waals surface area contributed by atoms with E-state index < -0.39 is 5.79 Å². The number of benzene rings is 2. The van der Waals surface area contributed by atoms with Crippen molar-refractivity contribution in [2.24, 2.45) is 0 Å². The zero-order valence-corrected chi connectivity index (χ0v) is 17.3. The van der Waals surface area contributed by atoms with Crippen LogP contribution < -0.4 is 14.2 Å². The summed E-state index contributed by atoms with van der Waals surface area (Å²) in [6.45, 7) is 0.275. The molecule has 0 unspecified atom stereocenters. The van der Waals surface area contributed by atoms with Gasteiger partial charge in [-0.25, -0.2) is 0 Å². The first-order chi connectivity index (χ1) is 14.2. The van der Waals surface area contributed by atoms with Crippen LogP contribution in [0.2, 0.25) is 0 Å². The molecule has 5 heteroatoms. The third kappa shape index (κ3) is 4.51. The average Bonchev–Trinajstić information content (AvgIpc) is 2.75. The number of hydrogen-bond donors (Lipinski definition) is 0. The van der Waals surface area contributed by atoms with Gasteiger partial charge >= 0.3 is 0 Å². The van der Waals surface area contributed by atoms with E-state index >= 15 is 0 Å². The summed E-state index contributed by atoms with van der Waals surface area (Å²) in [5.74, 6) is 2.13. The third-order valence-electron chi connectivity index (χ3n) is 5.78. The lowest BCUT2D eigenvalue weighted by Crippen LogP contribution is -2.46. The van der Waals surface area contributed by atoms with E-state index in [1.165, 1.54) is 5.56 Å². The smallest absolute Gasteiger partial charge is 0.211 e. The number of methoxy groups -OCH3 is 2. The van der Waals surface area contributed by atoms with Gasteiger partial charge in [-0.1, -0.05) is 18.2 Å². The van der Waals surface area contributed by atoms with Crippen molar-refractivity contribution < 1.29 is 23.7 Å². The summed E-state index contributed by atoms with van der Waals surface area (Å²) in [5.41, 5.74) is 2.38. The summed E-state index contributed by atoms with van der Waals surface area (Å²) in [6, 6.07) is 14.3. The van der Waals surface area contributed by atoms with Gasteiger partial charge in [0.15, 0.2) is 6.79 Å². The number of ether oxygens (including phenoxy) is 5. The van der Waals surface area contributed by atoms with Crippen LogP contribution in [-0.4, -0.2) is 26.8 Å². The molecule has 1 saturated heterocycles. The highest BCUT2D eigenvalue weighted by Crippen LogP contribution is 2.51. The number of aryl methyl sites for hydroxylation is 1. The Bertz CT molecular complexity index is 803. The number of rotatable bonds is 9. The Labute approximate surface area is 172 Å². The minimum Gasteiger partial charge on any atom is -0.496 e. The molecule has 2 aromatic carbocycles. The van der Waals surface area contributed by atoms with Gasteiger partial charge in [0.05, 0.1) is 18.8 Å². The predicted octanol–water partition coefficient (Wildman–Crippen LogP) is 5.42. The van der Waals surface area contributed by atoms with E-state index in [0.717, 1.165) is 67.8 Å². The molecule has 0 radical (unpaired) electrons. The summed E-state index contributed by atoms with van der Waals surface area (Å²) in [6.07, 6.45) is 7.27. The maximum absolute atomic E-state index is 6.45. The Morgan fingerprint density at radius 1 is 1.07 bits per heavy atom. The van der Waals surface area contributed by atoms with Crippen molar-refractivity contribution >= 4 is 0 Å². The molecule has 1 fully saturated rings. The minimum atomic E-state index is -0.486. The van der Waals surface area contributed by atoms with Crippen LogP contribution in [-0.2, 0) is 15.9 Å². The van der Waals surface area contributed by atoms with Gasteiger partial charge in [0.25, 0.3) is 0 Å². The first kappa shape index (κ1) is 20.0. The van der Waals surface area contributed by atoms with Gasteiger partial charge in [-0.2, -0.15) is 0 Å². The largest absolute Gasteiger partial charge is 0.496 e. The molecule has 2 atom stereocenters. The van der Waals surface area contributed by atoms with Crippen molar-refractivity contribution in [2.75, 3.05) is 21.0 Å². The molecule has 0 aliphatic carbocycles. The van der Waals surface area contributed by atoms with Crippen LogP contribution in [0.4, 0.5) is 0 Å². The quantitative estimate of drug-likeness (QED) is 0.417. The molecule has 2 aromatic rings. The summed E-state index contributed by atoms with van der Waals surface area (Å²) < 4.78 is 28.8. The molecule has 0 aromatic heterocycles. The van der Waals surface area contributed by atoms with Crippen LogP contribution >= 0.6 is 0 Å². The summed E-state index contributed by atoms with van der Waals surface area (Å²) >= 11 is 0. The Balaban J connectivity index is 1.33. The third-order valence-corrected chi connectivity index (χ3v) is 5.78. The minimum absolute atomic E-state index is 0.0725. The molecule has 29 heavy (non-hydrogen) atoms. The van der Waals surface area contributed by atoms with Gasteiger partial charge in [0.2, 0.25) is 5.79 Å². The fraction of sp³-hybridized carbons (Fsp3) is 0.500. The zero-order chi connectivity index (χ0) is 20.1. The zero-order valence-electron chi connectivity index (χ0n) is 17.3. The van der Waals surface area contributed by atoms with Crippen molar-refractivity contribution in [3.63, 3.8) is 0 Å².